The SMILES string of the molecule is CCC(=O)NN.Clc1ccccc1Cl.O. The number of hydrogen-bond acceptors (Lipinski definition) is 2. The van der Waals surface area contributed by atoms with E-state index in [1.165, 1.54) is 0 Å². The normalized spacial score (nSPS) is 8.00. The molecule has 0 radical (unpaired) electrons. The molecule has 4 nitrogen and oxygen atoms in total. The number of nitrogens with one attached hydrogen (secondary N) is 1. The van der Waals surface area contributed by atoms with Crippen LogP contribution in [0.3, 0.4) is 0 Å². The van der Waals surface area contributed by atoms with E-state index >= 15 is 0 Å². The Hall–Kier alpha value is -0.810. The maximum absolute atomic E-state index is 9.94. The Labute approximate surface area is 98.6 Å². The molecule has 0 spiro atoms. The van der Waals surface area contributed by atoms with Gasteiger partial charge < -0.3 is 5.48 Å². The molecule has 0 aliphatic carbocycles. The Morgan fingerprint density at radius 3 is 1.87 bits per heavy atom. The van der Waals surface area contributed by atoms with Crippen molar-refractivity contribution in [3.63, 3.8) is 0 Å². The first-order valence-corrected chi connectivity index (χ1v) is 4.76. The molecule has 0 bridgehead atoms. The summed E-state index contributed by atoms with van der Waals surface area (Å²) in [6, 6.07) is 7.19. The van der Waals surface area contributed by atoms with Gasteiger partial charge in [0.25, 0.3) is 0 Å². The second-order valence-corrected chi connectivity index (χ2v) is 3.15. The number of hydrazine groups is 1. The molecule has 15 heavy (non-hydrogen) atoms. The number of benzene rings is 1. The molecule has 6 heteroatoms. The minimum absolute atomic E-state index is 0. The zero-order chi connectivity index (χ0) is 11.0. The average Bonchev–Trinajstić information content (AvgIpc) is 2.22. The van der Waals surface area contributed by atoms with Gasteiger partial charge in [-0.15, -0.1) is 0 Å². The Morgan fingerprint density at radius 1 is 1.33 bits per heavy atom. The maximum Gasteiger partial charge on any atom is 0.233 e. The molecule has 0 aliphatic heterocycles. The summed E-state index contributed by atoms with van der Waals surface area (Å²) in [6.07, 6.45) is 0.455. The van der Waals surface area contributed by atoms with E-state index in [0.29, 0.717) is 16.5 Å². The van der Waals surface area contributed by atoms with Crippen molar-refractivity contribution in [2.24, 2.45) is 5.84 Å². The highest BCUT2D eigenvalue weighted by Gasteiger charge is 1.89. The molecule has 0 unspecified atom stereocenters. The summed E-state index contributed by atoms with van der Waals surface area (Å²) in [4.78, 5) is 9.94. The molecule has 1 aromatic carbocycles. The predicted octanol–water partition coefficient (Wildman–Crippen LogP) is 1.55. The van der Waals surface area contributed by atoms with Crippen LogP contribution in [-0.4, -0.2) is 11.4 Å². The van der Waals surface area contributed by atoms with E-state index < -0.39 is 0 Å². The lowest BCUT2D eigenvalue weighted by Gasteiger charge is -1.88. The van der Waals surface area contributed by atoms with Gasteiger partial charge in [0.05, 0.1) is 10.0 Å². The van der Waals surface area contributed by atoms with Crippen LogP contribution < -0.4 is 11.3 Å². The van der Waals surface area contributed by atoms with Gasteiger partial charge in [-0.25, -0.2) is 5.84 Å². The molecule has 1 rings (SSSR count). The second kappa shape index (κ2) is 9.73. The predicted molar refractivity (Wildman–Crippen MR) is 62.7 cm³/mol. The van der Waals surface area contributed by atoms with Crippen molar-refractivity contribution in [2.45, 2.75) is 13.3 Å². The summed E-state index contributed by atoms with van der Waals surface area (Å²) in [7, 11) is 0. The van der Waals surface area contributed by atoms with Gasteiger partial charge in [-0.2, -0.15) is 0 Å². The molecule has 1 aromatic rings. The van der Waals surface area contributed by atoms with E-state index in [-0.39, 0.29) is 11.4 Å². The van der Waals surface area contributed by atoms with Crippen LogP contribution in [0.15, 0.2) is 24.3 Å². The standard InChI is InChI=1S/C6H4Cl2.C3H8N2O.H2O/c7-5-3-1-2-4-6(5)8;1-2-3(6)5-4;/h1-4H;2,4H2,1H3,(H,5,6);1H2. The fraction of sp³-hybridized carbons (Fsp3) is 0.222. The summed E-state index contributed by atoms with van der Waals surface area (Å²) in [5.41, 5.74) is 1.98. The van der Waals surface area contributed by atoms with Gasteiger partial charge in [-0.05, 0) is 12.1 Å². The summed E-state index contributed by atoms with van der Waals surface area (Å²) < 4.78 is 0. The summed E-state index contributed by atoms with van der Waals surface area (Å²) >= 11 is 11.2. The summed E-state index contributed by atoms with van der Waals surface area (Å²) in [5.74, 6) is 4.55. The quantitative estimate of drug-likeness (QED) is 0.452. The van der Waals surface area contributed by atoms with Gasteiger partial charge in [0.2, 0.25) is 5.91 Å². The van der Waals surface area contributed by atoms with Gasteiger partial charge in [-0.3, -0.25) is 10.2 Å². The van der Waals surface area contributed by atoms with Crippen LogP contribution in [0.1, 0.15) is 13.3 Å². The van der Waals surface area contributed by atoms with Crippen LogP contribution in [0.5, 0.6) is 0 Å². The van der Waals surface area contributed by atoms with E-state index in [1.807, 2.05) is 17.6 Å². The number of amides is 1. The highest BCUT2D eigenvalue weighted by atomic mass is 35.5. The third-order valence-corrected chi connectivity index (χ3v) is 2.06. The van der Waals surface area contributed by atoms with Crippen LogP contribution in [0, 0.1) is 0 Å². The lowest BCUT2D eigenvalue weighted by atomic mass is 10.4. The monoisotopic (exact) mass is 252 g/mol. The van der Waals surface area contributed by atoms with Gasteiger partial charge in [0, 0.05) is 6.42 Å². The van der Waals surface area contributed by atoms with Crippen molar-refractivity contribution in [1.29, 1.82) is 0 Å². The molecule has 0 aromatic heterocycles. The highest BCUT2D eigenvalue weighted by Crippen LogP contribution is 2.19. The Balaban J connectivity index is 0. The molecule has 5 N–H and O–H groups in total. The van der Waals surface area contributed by atoms with Crippen molar-refractivity contribution in [1.82, 2.24) is 5.43 Å². The van der Waals surface area contributed by atoms with E-state index in [0.717, 1.165) is 0 Å². The first-order valence-electron chi connectivity index (χ1n) is 4.01. The molecule has 0 heterocycles. The lowest BCUT2D eigenvalue weighted by molar-refractivity contribution is -0.120. The molecule has 1 amide bonds. The molecule has 0 saturated carbocycles. The second-order valence-electron chi connectivity index (χ2n) is 2.34. The van der Waals surface area contributed by atoms with E-state index in [1.54, 1.807) is 19.1 Å². The van der Waals surface area contributed by atoms with Gasteiger partial charge in [0.1, 0.15) is 0 Å². The van der Waals surface area contributed by atoms with Crippen LogP contribution in [0.4, 0.5) is 0 Å². The van der Waals surface area contributed by atoms with E-state index in [4.69, 9.17) is 23.2 Å². The molecule has 0 atom stereocenters. The largest absolute Gasteiger partial charge is 0.412 e. The molecule has 0 saturated heterocycles. The minimum Gasteiger partial charge on any atom is -0.412 e. The summed E-state index contributed by atoms with van der Waals surface area (Å²) in [6.45, 7) is 1.74. The van der Waals surface area contributed by atoms with Gasteiger partial charge in [-0.1, -0.05) is 42.3 Å². The maximum atomic E-state index is 9.94. The van der Waals surface area contributed by atoms with E-state index in [9.17, 15) is 4.79 Å². The Bertz CT molecular complexity index is 268. The number of nitrogens with two attached hydrogens (primary N) is 1. The number of carbonyl (C=O) groups excluding carboxylic acids is 1. The lowest BCUT2D eigenvalue weighted by Crippen LogP contribution is -2.28. The third-order valence-electron chi connectivity index (χ3n) is 1.31. The van der Waals surface area contributed by atoms with Crippen LogP contribution in [0.25, 0.3) is 0 Å². The summed E-state index contributed by atoms with van der Waals surface area (Å²) in [5, 5.41) is 1.21. The smallest absolute Gasteiger partial charge is 0.233 e. The fourth-order valence-electron chi connectivity index (χ4n) is 0.541. The number of rotatable bonds is 1. The number of carbonyl (C=O) groups is 1. The first-order chi connectivity index (χ1) is 6.61. The van der Waals surface area contributed by atoms with Crippen molar-refractivity contribution < 1.29 is 10.3 Å². The molecule has 0 aliphatic rings. The molecule has 86 valence electrons. The molecular weight excluding hydrogens is 239 g/mol. The molecular formula is C9H14Cl2N2O2. The Morgan fingerprint density at radius 2 is 1.73 bits per heavy atom. The average molecular weight is 253 g/mol. The van der Waals surface area contributed by atoms with Crippen LogP contribution in [0.2, 0.25) is 10.0 Å². The topological polar surface area (TPSA) is 86.6 Å². The van der Waals surface area contributed by atoms with Crippen molar-refractivity contribution >= 4 is 29.1 Å². The van der Waals surface area contributed by atoms with Gasteiger partial charge in [0.15, 0.2) is 0 Å². The Kier molecular flexibility index (Phi) is 10.8. The minimum atomic E-state index is -0.130. The number of hydrogen-bond donors (Lipinski definition) is 2. The number of halogens is 2. The van der Waals surface area contributed by atoms with E-state index in [2.05, 4.69) is 5.84 Å². The first kappa shape index (κ1) is 16.6. The molecule has 0 fully saturated rings. The van der Waals surface area contributed by atoms with Crippen molar-refractivity contribution in [3.8, 4) is 0 Å². The third kappa shape index (κ3) is 8.20. The zero-order valence-corrected chi connectivity index (χ0v) is 9.77. The zero-order valence-electron chi connectivity index (χ0n) is 8.26. The van der Waals surface area contributed by atoms with Gasteiger partial charge >= 0.3 is 0 Å². The van der Waals surface area contributed by atoms with Crippen molar-refractivity contribution in [3.05, 3.63) is 34.3 Å². The van der Waals surface area contributed by atoms with Crippen LogP contribution in [-0.2, 0) is 4.79 Å². The van der Waals surface area contributed by atoms with Crippen LogP contribution >= 0.6 is 23.2 Å². The highest BCUT2D eigenvalue weighted by molar-refractivity contribution is 6.41. The fourth-order valence-corrected chi connectivity index (χ4v) is 0.813. The van der Waals surface area contributed by atoms with Crippen molar-refractivity contribution in [2.75, 3.05) is 0 Å².